The molecule has 0 aliphatic carbocycles. The van der Waals surface area contributed by atoms with Crippen LogP contribution in [0.25, 0.3) is 10.8 Å². The van der Waals surface area contributed by atoms with Crippen molar-refractivity contribution in [2.45, 2.75) is 51.1 Å². The summed E-state index contributed by atoms with van der Waals surface area (Å²) in [7, 11) is 2.53. The molecule has 0 N–H and O–H groups in total. The van der Waals surface area contributed by atoms with Crippen LogP contribution in [0.2, 0.25) is 0 Å². The van der Waals surface area contributed by atoms with Crippen molar-refractivity contribution in [2.75, 3.05) is 14.2 Å². The molecule has 1 heterocycles. The molecule has 0 saturated carbocycles. The Morgan fingerprint density at radius 3 is 2.19 bits per heavy atom. The number of carbonyl (C=O) groups excluding carboxylic acids is 1. The lowest BCUT2D eigenvalue weighted by molar-refractivity contribution is -0.140. The van der Waals surface area contributed by atoms with Crippen molar-refractivity contribution in [2.24, 2.45) is 0 Å². The van der Waals surface area contributed by atoms with E-state index >= 15 is 0 Å². The van der Waals surface area contributed by atoms with Gasteiger partial charge in [0.1, 0.15) is 5.75 Å². The van der Waals surface area contributed by atoms with E-state index in [9.17, 15) is 4.79 Å². The lowest BCUT2D eigenvalue weighted by Crippen LogP contribution is -2.41. The molecule has 2 aromatic carbocycles. The van der Waals surface area contributed by atoms with E-state index in [-0.39, 0.29) is 18.2 Å². The molecule has 0 spiro atoms. The maximum atomic E-state index is 12.1. The standard InChI is InChI=1S/C21H27BO5/c1-20(2)21(3,4)27-22(26-20)18(13-19(23)25-6)16-8-7-15-12-17(24-5)10-9-14(15)11-16/h7-12,18H,13H2,1-6H3. The van der Waals surface area contributed by atoms with Crippen LogP contribution >= 0.6 is 0 Å². The lowest BCUT2D eigenvalue weighted by Gasteiger charge is -2.32. The maximum Gasteiger partial charge on any atom is 0.466 e. The molecule has 5 nitrogen and oxygen atoms in total. The fourth-order valence-corrected chi connectivity index (χ4v) is 3.29. The monoisotopic (exact) mass is 370 g/mol. The van der Waals surface area contributed by atoms with Crippen molar-refractivity contribution < 1.29 is 23.6 Å². The SMILES string of the molecule is COC(=O)CC(B1OC(C)(C)C(C)(C)O1)c1ccc2cc(OC)ccc2c1. The summed E-state index contributed by atoms with van der Waals surface area (Å²) in [6.45, 7) is 8.04. The van der Waals surface area contributed by atoms with E-state index in [1.807, 2.05) is 58.0 Å². The maximum absolute atomic E-state index is 12.1. The Kier molecular flexibility index (Phi) is 5.23. The van der Waals surface area contributed by atoms with Gasteiger partial charge in [0.25, 0.3) is 0 Å². The van der Waals surface area contributed by atoms with E-state index in [0.29, 0.717) is 0 Å². The molecule has 0 bridgehead atoms. The number of esters is 1. The molecule has 3 rings (SSSR count). The Morgan fingerprint density at radius 2 is 1.59 bits per heavy atom. The fraction of sp³-hybridized carbons (Fsp3) is 0.476. The number of carbonyl (C=O) groups is 1. The minimum Gasteiger partial charge on any atom is -0.497 e. The summed E-state index contributed by atoms with van der Waals surface area (Å²) in [4.78, 5) is 12.1. The Bertz CT molecular complexity index is 830. The number of rotatable bonds is 5. The van der Waals surface area contributed by atoms with Crippen LogP contribution < -0.4 is 4.74 Å². The van der Waals surface area contributed by atoms with Gasteiger partial charge in [0.05, 0.1) is 31.8 Å². The van der Waals surface area contributed by atoms with Gasteiger partial charge in [-0.15, -0.1) is 0 Å². The molecular weight excluding hydrogens is 343 g/mol. The third-order valence-electron chi connectivity index (χ3n) is 5.71. The van der Waals surface area contributed by atoms with Crippen LogP contribution in [0.3, 0.4) is 0 Å². The van der Waals surface area contributed by atoms with E-state index in [1.54, 1.807) is 7.11 Å². The largest absolute Gasteiger partial charge is 0.497 e. The summed E-state index contributed by atoms with van der Waals surface area (Å²) in [5.41, 5.74) is 0.0588. The molecule has 27 heavy (non-hydrogen) atoms. The highest BCUT2D eigenvalue weighted by Crippen LogP contribution is 2.42. The van der Waals surface area contributed by atoms with Gasteiger partial charge in [0.15, 0.2) is 0 Å². The number of hydrogen-bond acceptors (Lipinski definition) is 5. The summed E-state index contributed by atoms with van der Waals surface area (Å²) in [5, 5.41) is 2.14. The molecule has 2 aromatic rings. The van der Waals surface area contributed by atoms with E-state index in [0.717, 1.165) is 22.1 Å². The van der Waals surface area contributed by atoms with Gasteiger partial charge in [-0.2, -0.15) is 0 Å². The van der Waals surface area contributed by atoms with Crippen molar-refractivity contribution >= 4 is 23.9 Å². The van der Waals surface area contributed by atoms with Crippen LogP contribution in [0.4, 0.5) is 0 Å². The van der Waals surface area contributed by atoms with Gasteiger partial charge in [-0.1, -0.05) is 24.3 Å². The second kappa shape index (κ2) is 7.17. The second-order valence-corrected chi connectivity index (χ2v) is 7.98. The van der Waals surface area contributed by atoms with Crippen molar-refractivity contribution in [3.05, 3.63) is 42.0 Å². The molecular formula is C21H27BO5. The number of fused-ring (bicyclic) bond motifs is 1. The fourth-order valence-electron chi connectivity index (χ4n) is 3.29. The molecule has 1 saturated heterocycles. The number of ether oxygens (including phenoxy) is 2. The highest BCUT2D eigenvalue weighted by molar-refractivity contribution is 6.48. The minimum absolute atomic E-state index is 0.189. The molecule has 1 aliphatic heterocycles. The Balaban J connectivity index is 1.98. The van der Waals surface area contributed by atoms with Gasteiger partial charge in [0, 0.05) is 5.82 Å². The van der Waals surface area contributed by atoms with Crippen LogP contribution in [0.1, 0.15) is 45.5 Å². The van der Waals surface area contributed by atoms with Crippen molar-refractivity contribution in [1.29, 1.82) is 0 Å². The molecule has 1 aliphatic rings. The van der Waals surface area contributed by atoms with Gasteiger partial charge in [-0.25, -0.2) is 0 Å². The van der Waals surface area contributed by atoms with Gasteiger partial charge >= 0.3 is 13.1 Å². The van der Waals surface area contributed by atoms with Gasteiger partial charge < -0.3 is 18.8 Å². The van der Waals surface area contributed by atoms with Crippen LogP contribution in [0.15, 0.2) is 36.4 Å². The van der Waals surface area contributed by atoms with Crippen molar-refractivity contribution in [3.63, 3.8) is 0 Å². The van der Waals surface area contributed by atoms with Gasteiger partial charge in [0.2, 0.25) is 0 Å². The molecule has 0 aromatic heterocycles. The number of benzene rings is 2. The summed E-state index contributed by atoms with van der Waals surface area (Å²) >= 11 is 0. The lowest BCUT2D eigenvalue weighted by atomic mass is 9.66. The van der Waals surface area contributed by atoms with Crippen molar-refractivity contribution in [3.8, 4) is 5.75 Å². The van der Waals surface area contributed by atoms with E-state index in [4.69, 9.17) is 18.8 Å². The van der Waals surface area contributed by atoms with Gasteiger partial charge in [-0.05, 0) is 56.2 Å². The second-order valence-electron chi connectivity index (χ2n) is 7.98. The van der Waals surface area contributed by atoms with E-state index in [2.05, 4.69) is 6.07 Å². The Hall–Kier alpha value is -2.05. The van der Waals surface area contributed by atoms with Crippen molar-refractivity contribution in [1.82, 2.24) is 0 Å². The Labute approximate surface area is 161 Å². The third-order valence-corrected chi connectivity index (χ3v) is 5.71. The third kappa shape index (κ3) is 3.82. The highest BCUT2D eigenvalue weighted by Gasteiger charge is 2.54. The summed E-state index contributed by atoms with van der Waals surface area (Å²) in [5.74, 6) is 0.266. The highest BCUT2D eigenvalue weighted by atomic mass is 16.7. The molecule has 6 heteroatoms. The molecule has 0 amide bonds. The first-order valence-corrected chi connectivity index (χ1v) is 9.17. The first-order chi connectivity index (χ1) is 12.7. The molecule has 1 fully saturated rings. The van der Waals surface area contributed by atoms with E-state index < -0.39 is 18.3 Å². The number of hydrogen-bond donors (Lipinski definition) is 0. The summed E-state index contributed by atoms with van der Waals surface area (Å²) in [6.07, 6.45) is 0.189. The predicted molar refractivity (Wildman–Crippen MR) is 106 cm³/mol. The molecule has 1 unspecified atom stereocenters. The topological polar surface area (TPSA) is 54.0 Å². The molecule has 144 valence electrons. The average molecular weight is 370 g/mol. The van der Waals surface area contributed by atoms with Crippen LogP contribution in [-0.2, 0) is 18.8 Å². The van der Waals surface area contributed by atoms with Crippen LogP contribution in [0.5, 0.6) is 5.75 Å². The van der Waals surface area contributed by atoms with Crippen LogP contribution in [-0.4, -0.2) is 38.5 Å². The van der Waals surface area contributed by atoms with Crippen LogP contribution in [0, 0.1) is 0 Å². The van der Waals surface area contributed by atoms with Gasteiger partial charge in [-0.3, -0.25) is 4.79 Å². The summed E-state index contributed by atoms with van der Waals surface area (Å²) < 4.78 is 22.7. The average Bonchev–Trinajstić information content (AvgIpc) is 2.85. The zero-order valence-corrected chi connectivity index (χ0v) is 16.9. The first-order valence-electron chi connectivity index (χ1n) is 9.17. The number of methoxy groups -OCH3 is 2. The predicted octanol–water partition coefficient (Wildman–Crippen LogP) is 4.13. The normalized spacial score (nSPS) is 19.1. The summed E-state index contributed by atoms with van der Waals surface area (Å²) in [6, 6.07) is 12.0. The Morgan fingerprint density at radius 1 is 1.00 bits per heavy atom. The molecule has 0 radical (unpaired) electrons. The first kappa shape index (κ1) is 19.7. The molecule has 1 atom stereocenters. The minimum atomic E-state index is -0.523. The van der Waals surface area contributed by atoms with E-state index in [1.165, 1.54) is 7.11 Å². The zero-order valence-electron chi connectivity index (χ0n) is 16.9. The zero-order chi connectivity index (χ0) is 19.8. The smallest absolute Gasteiger partial charge is 0.466 e. The quantitative estimate of drug-likeness (QED) is 0.585.